The number of aromatic hydroxyl groups is 1. The zero-order valence-electron chi connectivity index (χ0n) is 7.63. The van der Waals surface area contributed by atoms with E-state index >= 15 is 0 Å². The van der Waals surface area contributed by atoms with Crippen LogP contribution < -0.4 is 0 Å². The largest absolute Gasteiger partial charge is 0.508 e. The lowest BCUT2D eigenvalue weighted by molar-refractivity contribution is -0.116. The molecule has 14 heavy (non-hydrogen) atoms. The van der Waals surface area contributed by atoms with Gasteiger partial charge < -0.3 is 5.11 Å². The second-order valence-electron chi connectivity index (χ2n) is 2.96. The molecule has 0 spiro atoms. The summed E-state index contributed by atoms with van der Waals surface area (Å²) in [6.45, 7) is 1.49. The number of ketones is 1. The molecule has 0 bridgehead atoms. The normalized spacial score (nSPS) is 12.5. The van der Waals surface area contributed by atoms with E-state index in [1.54, 1.807) is 12.1 Å². The molecule has 1 atom stereocenters. The number of phenols is 1. The van der Waals surface area contributed by atoms with Gasteiger partial charge in [-0.2, -0.15) is 0 Å². The fraction of sp³-hybridized carbons (Fsp3) is 0.300. The third kappa shape index (κ3) is 2.36. The van der Waals surface area contributed by atoms with Crippen molar-refractivity contribution in [3.8, 4) is 5.75 Å². The van der Waals surface area contributed by atoms with Gasteiger partial charge in [0.2, 0.25) is 0 Å². The number of carbonyl (C=O) groups excluding carboxylic acids is 1. The van der Waals surface area contributed by atoms with Crippen molar-refractivity contribution in [1.29, 1.82) is 0 Å². The summed E-state index contributed by atoms with van der Waals surface area (Å²) in [5, 5.41) is 10.3. The van der Waals surface area contributed by atoms with E-state index in [9.17, 15) is 9.90 Å². The van der Waals surface area contributed by atoms with Crippen LogP contribution in [-0.2, 0) is 10.1 Å². The lowest BCUT2D eigenvalue weighted by Crippen LogP contribution is -2.04. The predicted molar refractivity (Wildman–Crippen MR) is 63.1 cm³/mol. The van der Waals surface area contributed by atoms with E-state index in [2.05, 4.69) is 31.9 Å². The molecule has 76 valence electrons. The van der Waals surface area contributed by atoms with Crippen molar-refractivity contribution in [2.75, 3.05) is 0 Å². The quantitative estimate of drug-likeness (QED) is 0.867. The number of hydrogen-bond acceptors (Lipinski definition) is 2. The van der Waals surface area contributed by atoms with Gasteiger partial charge in [-0.15, -0.1) is 0 Å². The lowest BCUT2D eigenvalue weighted by atomic mass is 10.0. The molecule has 1 unspecified atom stereocenters. The average Bonchev–Trinajstić information content (AvgIpc) is 2.16. The topological polar surface area (TPSA) is 37.3 Å². The summed E-state index contributed by atoms with van der Waals surface area (Å²) in [5.74, 6) is 0.132. The van der Waals surface area contributed by atoms with Crippen molar-refractivity contribution < 1.29 is 9.90 Å². The number of alkyl halides is 2. The van der Waals surface area contributed by atoms with Crippen LogP contribution in [0.3, 0.4) is 0 Å². The average molecular weight is 322 g/mol. The summed E-state index contributed by atoms with van der Waals surface area (Å²) in [4.78, 5) is 10.8. The highest BCUT2D eigenvalue weighted by atomic mass is 79.9. The van der Waals surface area contributed by atoms with Gasteiger partial charge in [-0.05, 0) is 18.6 Å². The number of benzene rings is 1. The minimum Gasteiger partial charge on any atom is -0.508 e. The molecule has 0 aliphatic heterocycles. The Kier molecular flexibility index (Phi) is 4.13. The highest BCUT2D eigenvalue weighted by Crippen LogP contribution is 2.34. The molecule has 1 N–H and O–H groups in total. The molecule has 0 saturated heterocycles. The van der Waals surface area contributed by atoms with Crippen LogP contribution in [0, 0.1) is 0 Å². The van der Waals surface area contributed by atoms with Gasteiger partial charge >= 0.3 is 0 Å². The first-order valence-electron chi connectivity index (χ1n) is 4.09. The van der Waals surface area contributed by atoms with Crippen LogP contribution in [0.1, 0.15) is 22.9 Å². The molecular formula is C10H10Br2O2. The van der Waals surface area contributed by atoms with Gasteiger partial charge in [0.1, 0.15) is 16.4 Å². The molecule has 2 nitrogen and oxygen atoms in total. The van der Waals surface area contributed by atoms with Crippen LogP contribution in [0.5, 0.6) is 5.75 Å². The fourth-order valence-corrected chi connectivity index (χ4v) is 2.23. The van der Waals surface area contributed by atoms with E-state index in [4.69, 9.17) is 0 Å². The van der Waals surface area contributed by atoms with Crippen molar-refractivity contribution in [3.05, 3.63) is 29.3 Å². The van der Waals surface area contributed by atoms with Crippen molar-refractivity contribution in [3.63, 3.8) is 0 Å². The fourth-order valence-electron chi connectivity index (χ4n) is 1.21. The van der Waals surface area contributed by atoms with E-state index < -0.39 is 4.83 Å². The van der Waals surface area contributed by atoms with Crippen LogP contribution >= 0.6 is 31.9 Å². The molecule has 0 radical (unpaired) electrons. The zero-order chi connectivity index (χ0) is 10.7. The monoisotopic (exact) mass is 320 g/mol. The second-order valence-corrected chi connectivity index (χ2v) is 4.43. The predicted octanol–water partition coefficient (Wildman–Crippen LogP) is 3.31. The SMILES string of the molecule is CC(=O)C(Br)c1c(O)cccc1CBr. The molecule has 0 aliphatic carbocycles. The van der Waals surface area contributed by atoms with Gasteiger partial charge in [-0.3, -0.25) is 4.79 Å². The maximum absolute atomic E-state index is 11.2. The molecule has 0 heterocycles. The van der Waals surface area contributed by atoms with Gasteiger partial charge in [0, 0.05) is 10.9 Å². The van der Waals surface area contributed by atoms with E-state index in [0.29, 0.717) is 10.9 Å². The third-order valence-corrected chi connectivity index (χ3v) is 3.63. The lowest BCUT2D eigenvalue weighted by Gasteiger charge is -2.12. The molecular weight excluding hydrogens is 312 g/mol. The van der Waals surface area contributed by atoms with Gasteiger partial charge in [0.25, 0.3) is 0 Å². The second kappa shape index (κ2) is 4.94. The summed E-state index contributed by atoms with van der Waals surface area (Å²) < 4.78 is 0. The van der Waals surface area contributed by atoms with Crippen LogP contribution in [0.15, 0.2) is 18.2 Å². The van der Waals surface area contributed by atoms with Gasteiger partial charge in [-0.1, -0.05) is 44.0 Å². The minimum absolute atomic E-state index is 0.0197. The number of Topliss-reactive ketones (excluding diaryl/α,β-unsaturated/α-hetero) is 1. The highest BCUT2D eigenvalue weighted by Gasteiger charge is 2.19. The first-order valence-corrected chi connectivity index (χ1v) is 6.13. The number of halogens is 2. The van der Waals surface area contributed by atoms with E-state index in [-0.39, 0.29) is 11.5 Å². The Labute approximate surface area is 99.6 Å². The Balaban J connectivity index is 3.23. The molecule has 0 aliphatic rings. The Morgan fingerprint density at radius 2 is 2.21 bits per heavy atom. The molecule has 0 aromatic heterocycles. The van der Waals surface area contributed by atoms with E-state index in [1.165, 1.54) is 6.92 Å². The molecule has 1 rings (SSSR count). The minimum atomic E-state index is -0.434. The first-order chi connectivity index (χ1) is 6.57. The summed E-state index contributed by atoms with van der Waals surface area (Å²) in [7, 11) is 0. The summed E-state index contributed by atoms with van der Waals surface area (Å²) in [6, 6.07) is 5.22. The van der Waals surface area contributed by atoms with Crippen LogP contribution in [0.2, 0.25) is 0 Å². The van der Waals surface area contributed by atoms with Crippen LogP contribution in [0.4, 0.5) is 0 Å². The van der Waals surface area contributed by atoms with E-state index in [1.807, 2.05) is 6.07 Å². The Morgan fingerprint density at radius 1 is 1.57 bits per heavy atom. The van der Waals surface area contributed by atoms with Crippen LogP contribution in [-0.4, -0.2) is 10.9 Å². The molecule has 0 fully saturated rings. The summed E-state index contributed by atoms with van der Waals surface area (Å²) in [5.41, 5.74) is 1.57. The number of carbonyl (C=O) groups is 1. The van der Waals surface area contributed by atoms with E-state index in [0.717, 1.165) is 5.56 Å². The number of rotatable bonds is 3. The Morgan fingerprint density at radius 3 is 2.71 bits per heavy atom. The Bertz CT molecular complexity index is 350. The smallest absolute Gasteiger partial charge is 0.147 e. The van der Waals surface area contributed by atoms with Crippen molar-refractivity contribution in [2.45, 2.75) is 17.1 Å². The maximum Gasteiger partial charge on any atom is 0.147 e. The van der Waals surface area contributed by atoms with Crippen molar-refractivity contribution in [2.24, 2.45) is 0 Å². The first kappa shape index (κ1) is 11.7. The Hall–Kier alpha value is -0.350. The molecule has 0 amide bonds. The van der Waals surface area contributed by atoms with Gasteiger partial charge in [0.15, 0.2) is 0 Å². The third-order valence-electron chi connectivity index (χ3n) is 1.93. The molecule has 0 saturated carbocycles. The molecule has 1 aromatic carbocycles. The number of hydrogen-bond donors (Lipinski definition) is 1. The summed E-state index contributed by atoms with van der Waals surface area (Å²) >= 11 is 6.58. The molecule has 4 heteroatoms. The number of phenolic OH excluding ortho intramolecular Hbond substituents is 1. The molecule has 1 aromatic rings. The zero-order valence-corrected chi connectivity index (χ0v) is 10.8. The van der Waals surface area contributed by atoms with Gasteiger partial charge in [0.05, 0.1) is 0 Å². The highest BCUT2D eigenvalue weighted by molar-refractivity contribution is 9.09. The maximum atomic E-state index is 11.2. The standard InChI is InChI=1S/C10H10Br2O2/c1-6(13)10(12)9-7(5-11)3-2-4-8(9)14/h2-4,10,14H,5H2,1H3. The summed E-state index contributed by atoms with van der Waals surface area (Å²) in [6.07, 6.45) is 0. The van der Waals surface area contributed by atoms with Crippen LogP contribution in [0.25, 0.3) is 0 Å². The van der Waals surface area contributed by atoms with Crippen molar-refractivity contribution in [1.82, 2.24) is 0 Å². The van der Waals surface area contributed by atoms with Crippen molar-refractivity contribution >= 4 is 37.6 Å². The van der Waals surface area contributed by atoms with Gasteiger partial charge in [-0.25, -0.2) is 0 Å².